The normalized spacial score (nSPS) is 10.2. The number of hydrogen-bond donors (Lipinski definition) is 2. The molecule has 4 nitrogen and oxygen atoms in total. The van der Waals surface area contributed by atoms with Crippen LogP contribution in [0, 0.1) is 0 Å². The molecule has 3 N–H and O–H groups in total. The standard InChI is InChI=1S/C6H16N2O2Si.2K/c1-11(9,10)6-2-4-8-5-3-7;;/h8H,2-7H2,1H3;;/q-2;2*+1. The van der Waals surface area contributed by atoms with Crippen LogP contribution in [0.5, 0.6) is 0 Å². The molecule has 0 aromatic rings. The first-order valence-corrected chi connectivity index (χ1v) is 6.40. The average Bonchev–Trinajstić information content (AvgIpc) is 1.85. The first-order valence-electron chi connectivity index (χ1n) is 3.88. The van der Waals surface area contributed by atoms with Gasteiger partial charge in [0.15, 0.2) is 0 Å². The summed E-state index contributed by atoms with van der Waals surface area (Å²) in [5, 5.41) is 3.03. The Morgan fingerprint density at radius 1 is 1.23 bits per heavy atom. The van der Waals surface area contributed by atoms with Crippen molar-refractivity contribution in [3.63, 3.8) is 0 Å². The molecule has 0 spiro atoms. The van der Waals surface area contributed by atoms with E-state index in [9.17, 15) is 9.59 Å². The molecule has 0 amide bonds. The summed E-state index contributed by atoms with van der Waals surface area (Å²) in [5.74, 6) is 0. The molecule has 0 saturated heterocycles. The first kappa shape index (κ1) is 21.6. The minimum absolute atomic E-state index is 0. The molecular weight excluding hydrogens is 238 g/mol. The molecule has 0 bridgehead atoms. The Morgan fingerprint density at radius 2 is 1.77 bits per heavy atom. The summed E-state index contributed by atoms with van der Waals surface area (Å²) >= 11 is 0. The molecule has 0 unspecified atom stereocenters. The second-order valence-corrected chi connectivity index (χ2v) is 5.54. The molecule has 0 saturated carbocycles. The number of nitrogens with one attached hydrogen (secondary N) is 1. The predicted octanol–water partition coefficient (Wildman–Crippen LogP) is -8.27. The van der Waals surface area contributed by atoms with E-state index in [0.29, 0.717) is 19.0 Å². The van der Waals surface area contributed by atoms with Crippen LogP contribution in [0.4, 0.5) is 0 Å². The monoisotopic (exact) mass is 254 g/mol. The molecule has 0 rings (SSSR count). The third-order valence-corrected chi connectivity index (χ3v) is 2.57. The SMILES string of the molecule is C[Si]([O-])([O-])CCCNCCN.[K+].[K+]. The van der Waals surface area contributed by atoms with Gasteiger partial charge in [0.1, 0.15) is 0 Å². The minimum Gasteiger partial charge on any atom is -0.870 e. The van der Waals surface area contributed by atoms with E-state index >= 15 is 0 Å². The summed E-state index contributed by atoms with van der Waals surface area (Å²) in [5.41, 5.74) is 5.22. The van der Waals surface area contributed by atoms with E-state index in [0.717, 1.165) is 13.1 Å². The van der Waals surface area contributed by atoms with Gasteiger partial charge in [0.2, 0.25) is 0 Å². The van der Waals surface area contributed by atoms with Gasteiger partial charge in [-0.3, -0.25) is 0 Å². The van der Waals surface area contributed by atoms with Crippen molar-refractivity contribution in [2.24, 2.45) is 5.73 Å². The van der Waals surface area contributed by atoms with Gasteiger partial charge in [-0.25, -0.2) is 0 Å². The van der Waals surface area contributed by atoms with Gasteiger partial charge < -0.3 is 20.6 Å². The fourth-order valence-corrected chi connectivity index (χ4v) is 1.58. The van der Waals surface area contributed by atoms with E-state index in [1.165, 1.54) is 6.55 Å². The molecule has 0 aliphatic heterocycles. The van der Waals surface area contributed by atoms with Crippen molar-refractivity contribution in [1.29, 1.82) is 0 Å². The molecule has 0 heterocycles. The van der Waals surface area contributed by atoms with E-state index in [1.807, 2.05) is 0 Å². The van der Waals surface area contributed by atoms with E-state index in [2.05, 4.69) is 5.32 Å². The van der Waals surface area contributed by atoms with Crippen molar-refractivity contribution in [2.45, 2.75) is 19.0 Å². The van der Waals surface area contributed by atoms with Crippen LogP contribution in [0.1, 0.15) is 6.42 Å². The van der Waals surface area contributed by atoms with Crippen LogP contribution in [0.15, 0.2) is 0 Å². The summed E-state index contributed by atoms with van der Waals surface area (Å²) in [6, 6.07) is 0.310. The average molecular weight is 254 g/mol. The van der Waals surface area contributed by atoms with Gasteiger partial charge in [-0.05, 0) is 13.0 Å². The molecule has 0 aromatic carbocycles. The van der Waals surface area contributed by atoms with Crippen LogP contribution >= 0.6 is 0 Å². The zero-order valence-electron chi connectivity index (χ0n) is 8.93. The number of rotatable bonds is 6. The fourth-order valence-electron chi connectivity index (χ4n) is 0.762. The summed E-state index contributed by atoms with van der Waals surface area (Å²) in [4.78, 5) is 21.3. The first-order chi connectivity index (χ1) is 5.06. The maximum Gasteiger partial charge on any atom is 1.00 e. The van der Waals surface area contributed by atoms with Crippen molar-refractivity contribution in [3.05, 3.63) is 0 Å². The van der Waals surface area contributed by atoms with Gasteiger partial charge >= 0.3 is 103 Å². The predicted molar refractivity (Wildman–Crippen MR) is 43.0 cm³/mol. The van der Waals surface area contributed by atoms with Crippen LogP contribution in [0.3, 0.4) is 0 Å². The van der Waals surface area contributed by atoms with Gasteiger partial charge in [-0.2, -0.15) is 8.56 Å². The van der Waals surface area contributed by atoms with E-state index < -0.39 is 8.56 Å². The topological polar surface area (TPSA) is 84.2 Å². The quantitative estimate of drug-likeness (QED) is 0.364. The summed E-state index contributed by atoms with van der Waals surface area (Å²) in [6.45, 7) is 3.40. The third-order valence-electron chi connectivity index (χ3n) is 1.31. The summed E-state index contributed by atoms with van der Waals surface area (Å²) in [7, 11) is -3.29. The number of hydrogen-bond acceptors (Lipinski definition) is 4. The molecule has 0 aromatic heterocycles. The maximum atomic E-state index is 10.7. The van der Waals surface area contributed by atoms with Crippen molar-refractivity contribution < 1.29 is 112 Å². The van der Waals surface area contributed by atoms with Crippen molar-refractivity contribution >= 4 is 8.56 Å². The van der Waals surface area contributed by atoms with Gasteiger partial charge in [0.25, 0.3) is 0 Å². The molecule has 0 atom stereocenters. The van der Waals surface area contributed by atoms with Gasteiger partial charge in [0, 0.05) is 13.1 Å². The Labute approximate surface area is 167 Å². The second kappa shape index (κ2) is 13.4. The van der Waals surface area contributed by atoms with Crippen molar-refractivity contribution in [1.82, 2.24) is 5.32 Å². The van der Waals surface area contributed by atoms with Crippen molar-refractivity contribution in [2.75, 3.05) is 19.6 Å². The smallest absolute Gasteiger partial charge is 0.870 e. The zero-order chi connectivity index (χ0) is 8.74. The van der Waals surface area contributed by atoms with Gasteiger partial charge in [-0.1, -0.05) is 12.6 Å². The molecule has 13 heavy (non-hydrogen) atoms. The largest absolute Gasteiger partial charge is 1.00 e. The summed E-state index contributed by atoms with van der Waals surface area (Å²) in [6.07, 6.45) is 0.690. The Hall–Kier alpha value is 3.33. The summed E-state index contributed by atoms with van der Waals surface area (Å²) < 4.78 is 0. The number of nitrogens with two attached hydrogens (primary N) is 1. The van der Waals surface area contributed by atoms with E-state index in [4.69, 9.17) is 5.73 Å². The molecule has 0 fully saturated rings. The van der Waals surface area contributed by atoms with E-state index in [-0.39, 0.29) is 103 Å². The van der Waals surface area contributed by atoms with Crippen LogP contribution < -0.4 is 123 Å². The molecular formula is C6H16K2N2O2Si. The fraction of sp³-hybridized carbons (Fsp3) is 1.00. The van der Waals surface area contributed by atoms with Crippen LogP contribution in [0.2, 0.25) is 12.6 Å². The molecule has 68 valence electrons. The maximum absolute atomic E-state index is 10.7. The molecule has 0 aliphatic carbocycles. The van der Waals surface area contributed by atoms with Crippen LogP contribution in [0.25, 0.3) is 0 Å². The Bertz CT molecular complexity index is 103. The van der Waals surface area contributed by atoms with Gasteiger partial charge in [0.05, 0.1) is 0 Å². The second-order valence-electron chi connectivity index (χ2n) is 2.78. The molecule has 0 radical (unpaired) electrons. The van der Waals surface area contributed by atoms with Crippen LogP contribution in [-0.4, -0.2) is 28.2 Å². The Balaban J connectivity index is -0.000000500. The molecule has 7 heteroatoms. The third kappa shape index (κ3) is 21.2. The minimum atomic E-state index is -3.29. The Kier molecular flexibility index (Phi) is 22.3. The Morgan fingerprint density at radius 3 is 2.15 bits per heavy atom. The van der Waals surface area contributed by atoms with Crippen molar-refractivity contribution in [3.8, 4) is 0 Å². The van der Waals surface area contributed by atoms with Gasteiger partial charge in [-0.15, -0.1) is 0 Å². The van der Waals surface area contributed by atoms with Crippen LogP contribution in [-0.2, 0) is 0 Å². The zero-order valence-corrected chi connectivity index (χ0v) is 16.2. The molecule has 0 aliphatic rings. The van der Waals surface area contributed by atoms with E-state index in [1.54, 1.807) is 0 Å².